The summed E-state index contributed by atoms with van der Waals surface area (Å²) in [6, 6.07) is 0.322. The van der Waals surface area contributed by atoms with Crippen LogP contribution in [0.4, 0.5) is 0 Å². The van der Waals surface area contributed by atoms with Crippen molar-refractivity contribution in [2.24, 2.45) is 5.92 Å². The van der Waals surface area contributed by atoms with Gasteiger partial charge in [-0.1, -0.05) is 33.1 Å². The summed E-state index contributed by atoms with van der Waals surface area (Å²) in [5.41, 5.74) is 0. The molecule has 0 aliphatic heterocycles. The van der Waals surface area contributed by atoms with Crippen molar-refractivity contribution in [3.63, 3.8) is 0 Å². The van der Waals surface area contributed by atoms with Gasteiger partial charge in [0.05, 0.1) is 5.25 Å². The highest BCUT2D eigenvalue weighted by Gasteiger charge is 2.22. The topological polar surface area (TPSA) is 58.2 Å². The maximum absolute atomic E-state index is 11.9. The van der Waals surface area contributed by atoms with Crippen molar-refractivity contribution in [2.45, 2.75) is 57.7 Å². The van der Waals surface area contributed by atoms with Gasteiger partial charge in [-0.2, -0.15) is 0 Å². The van der Waals surface area contributed by atoms with Crippen molar-refractivity contribution in [1.82, 2.24) is 10.0 Å². The zero-order valence-electron chi connectivity index (χ0n) is 11.2. The van der Waals surface area contributed by atoms with E-state index in [-0.39, 0.29) is 5.25 Å². The summed E-state index contributed by atoms with van der Waals surface area (Å²) in [4.78, 5) is 0. The van der Waals surface area contributed by atoms with Crippen molar-refractivity contribution in [3.8, 4) is 0 Å². The Hall–Kier alpha value is -0.130. The number of hydrogen-bond donors (Lipinski definition) is 2. The van der Waals surface area contributed by atoms with Crippen molar-refractivity contribution < 1.29 is 8.42 Å². The molecule has 1 aliphatic rings. The van der Waals surface area contributed by atoms with Crippen molar-refractivity contribution in [1.29, 1.82) is 0 Å². The highest BCUT2D eigenvalue weighted by Crippen LogP contribution is 2.28. The molecule has 1 atom stereocenters. The van der Waals surface area contributed by atoms with E-state index in [4.69, 9.17) is 0 Å². The van der Waals surface area contributed by atoms with Gasteiger partial charge in [-0.3, -0.25) is 0 Å². The largest absolute Gasteiger partial charge is 0.313 e. The highest BCUT2D eigenvalue weighted by atomic mass is 32.2. The maximum atomic E-state index is 11.9. The van der Waals surface area contributed by atoms with Crippen molar-refractivity contribution in [2.75, 3.05) is 13.1 Å². The Morgan fingerprint density at radius 1 is 1.24 bits per heavy atom. The Kier molecular flexibility index (Phi) is 5.89. The molecule has 1 saturated carbocycles. The highest BCUT2D eigenvalue weighted by molar-refractivity contribution is 7.90. The molecule has 1 fully saturated rings. The summed E-state index contributed by atoms with van der Waals surface area (Å²) in [6.07, 6.45) is 4.84. The summed E-state index contributed by atoms with van der Waals surface area (Å²) in [5, 5.41) is 2.78. The summed E-state index contributed by atoms with van der Waals surface area (Å²) in [6.45, 7) is 6.89. The summed E-state index contributed by atoms with van der Waals surface area (Å²) >= 11 is 0. The smallest absolute Gasteiger partial charge is 0.215 e. The Labute approximate surface area is 106 Å². The van der Waals surface area contributed by atoms with Crippen LogP contribution in [0.5, 0.6) is 0 Å². The van der Waals surface area contributed by atoms with Gasteiger partial charge < -0.3 is 5.32 Å². The lowest BCUT2D eigenvalue weighted by Crippen LogP contribution is -2.41. The lowest BCUT2D eigenvalue weighted by molar-refractivity contribution is 0.297. The molecule has 1 rings (SSSR count). The van der Waals surface area contributed by atoms with E-state index in [0.717, 1.165) is 12.3 Å². The molecule has 0 aromatic rings. The molecule has 17 heavy (non-hydrogen) atoms. The first-order valence-electron chi connectivity index (χ1n) is 6.63. The average molecular weight is 262 g/mol. The Balaban J connectivity index is 2.22. The summed E-state index contributed by atoms with van der Waals surface area (Å²) < 4.78 is 26.5. The second-order valence-electron chi connectivity index (χ2n) is 5.40. The van der Waals surface area contributed by atoms with Crippen LogP contribution in [0.25, 0.3) is 0 Å². The molecule has 102 valence electrons. The quantitative estimate of drug-likeness (QED) is 0.696. The first kappa shape index (κ1) is 14.9. The standard InChI is InChI=1S/C12H26N2O2S/c1-10(2)13-9-11(3)17(15,16)14-8-7-12-5-4-6-12/h10-14H,4-9H2,1-3H3. The van der Waals surface area contributed by atoms with E-state index >= 15 is 0 Å². The van der Waals surface area contributed by atoms with Crippen molar-refractivity contribution in [3.05, 3.63) is 0 Å². The van der Waals surface area contributed by atoms with Gasteiger partial charge in [0.25, 0.3) is 0 Å². The van der Waals surface area contributed by atoms with Crippen LogP contribution in [0.15, 0.2) is 0 Å². The fraction of sp³-hybridized carbons (Fsp3) is 1.00. The molecule has 4 nitrogen and oxygen atoms in total. The van der Waals surface area contributed by atoms with Gasteiger partial charge in [0.2, 0.25) is 10.0 Å². The molecule has 2 N–H and O–H groups in total. The predicted molar refractivity (Wildman–Crippen MR) is 71.5 cm³/mol. The second-order valence-corrected chi connectivity index (χ2v) is 7.58. The zero-order chi connectivity index (χ0) is 12.9. The minimum atomic E-state index is -3.15. The fourth-order valence-corrected chi connectivity index (χ4v) is 2.84. The van der Waals surface area contributed by atoms with Crippen LogP contribution in [0, 0.1) is 5.92 Å². The molecule has 0 aromatic heterocycles. The van der Waals surface area contributed by atoms with E-state index in [1.54, 1.807) is 6.92 Å². The first-order valence-corrected chi connectivity index (χ1v) is 8.18. The molecule has 0 bridgehead atoms. The van der Waals surface area contributed by atoms with Crippen molar-refractivity contribution >= 4 is 10.0 Å². The van der Waals surface area contributed by atoms with Crippen LogP contribution in [-0.2, 0) is 10.0 Å². The zero-order valence-corrected chi connectivity index (χ0v) is 12.0. The SMILES string of the molecule is CC(C)NCC(C)S(=O)(=O)NCCC1CCC1. The van der Waals surface area contributed by atoms with Gasteiger partial charge in [-0.15, -0.1) is 0 Å². The molecular weight excluding hydrogens is 236 g/mol. The lowest BCUT2D eigenvalue weighted by atomic mass is 9.83. The number of hydrogen-bond acceptors (Lipinski definition) is 3. The molecule has 0 aromatic carbocycles. The summed E-state index contributed by atoms with van der Waals surface area (Å²) in [5.74, 6) is 0.752. The molecule has 1 aliphatic carbocycles. The molecule has 0 radical (unpaired) electrons. The van der Waals surface area contributed by atoms with E-state index in [1.807, 2.05) is 13.8 Å². The van der Waals surface area contributed by atoms with E-state index in [1.165, 1.54) is 19.3 Å². The van der Waals surface area contributed by atoms with Crippen LogP contribution in [0.3, 0.4) is 0 Å². The van der Waals surface area contributed by atoms with Gasteiger partial charge in [0, 0.05) is 19.1 Å². The second kappa shape index (κ2) is 6.71. The molecule has 1 unspecified atom stereocenters. The van der Waals surface area contributed by atoms with Crippen LogP contribution >= 0.6 is 0 Å². The fourth-order valence-electron chi connectivity index (χ4n) is 1.84. The molecule has 5 heteroatoms. The first-order chi connectivity index (χ1) is 7.92. The minimum absolute atomic E-state index is 0.322. The van der Waals surface area contributed by atoms with Gasteiger partial charge in [-0.05, 0) is 19.3 Å². The van der Waals surface area contributed by atoms with Gasteiger partial charge in [-0.25, -0.2) is 13.1 Å². The lowest BCUT2D eigenvalue weighted by Gasteiger charge is -2.25. The maximum Gasteiger partial charge on any atom is 0.215 e. The molecule has 0 spiro atoms. The van der Waals surface area contributed by atoms with Gasteiger partial charge in [0.1, 0.15) is 0 Å². The van der Waals surface area contributed by atoms with Crippen LogP contribution in [0.2, 0.25) is 0 Å². The molecular formula is C12H26N2O2S. The van der Waals surface area contributed by atoms with Gasteiger partial charge >= 0.3 is 0 Å². The number of nitrogens with one attached hydrogen (secondary N) is 2. The van der Waals surface area contributed by atoms with E-state index in [2.05, 4.69) is 10.0 Å². The van der Waals surface area contributed by atoms with E-state index in [9.17, 15) is 8.42 Å². The molecule has 0 saturated heterocycles. The third-order valence-corrected chi connectivity index (χ3v) is 5.26. The Morgan fingerprint density at radius 3 is 2.35 bits per heavy atom. The third-order valence-electron chi connectivity index (χ3n) is 3.42. The Morgan fingerprint density at radius 2 is 1.88 bits per heavy atom. The average Bonchev–Trinajstić information content (AvgIpc) is 2.18. The number of rotatable bonds is 8. The molecule has 0 amide bonds. The van der Waals surface area contributed by atoms with Gasteiger partial charge in [0.15, 0.2) is 0 Å². The van der Waals surface area contributed by atoms with Crippen LogP contribution in [-0.4, -0.2) is 32.8 Å². The number of sulfonamides is 1. The minimum Gasteiger partial charge on any atom is -0.313 e. The van der Waals surface area contributed by atoms with Crippen LogP contribution in [0.1, 0.15) is 46.5 Å². The Bertz CT molecular complexity index is 310. The summed E-state index contributed by atoms with van der Waals surface area (Å²) in [7, 11) is -3.15. The van der Waals surface area contributed by atoms with Crippen LogP contribution < -0.4 is 10.0 Å². The third kappa shape index (κ3) is 5.36. The monoisotopic (exact) mass is 262 g/mol. The van der Waals surface area contributed by atoms with E-state index < -0.39 is 10.0 Å². The normalized spacial score (nSPS) is 19.3. The predicted octanol–water partition coefficient (Wildman–Crippen LogP) is 1.48. The van der Waals surface area contributed by atoms with E-state index in [0.29, 0.717) is 19.1 Å². The molecule has 0 heterocycles.